The summed E-state index contributed by atoms with van der Waals surface area (Å²) in [7, 11) is 0. The SMILES string of the molecule is O=C1CN(c2ccc(Cl)cc2Br)C(=O)C(C2CC2)N1. The van der Waals surface area contributed by atoms with Crippen molar-refractivity contribution in [1.29, 1.82) is 0 Å². The van der Waals surface area contributed by atoms with Gasteiger partial charge in [-0.25, -0.2) is 0 Å². The minimum Gasteiger partial charge on any atom is -0.342 e. The lowest BCUT2D eigenvalue weighted by atomic mass is 10.1. The van der Waals surface area contributed by atoms with Crippen LogP contribution in [0.5, 0.6) is 0 Å². The van der Waals surface area contributed by atoms with E-state index < -0.39 is 0 Å². The lowest BCUT2D eigenvalue weighted by Crippen LogP contribution is -2.59. The third-order valence-corrected chi connectivity index (χ3v) is 4.31. The van der Waals surface area contributed by atoms with Crippen molar-refractivity contribution < 1.29 is 9.59 Å². The molecule has 0 aromatic heterocycles. The molecule has 3 rings (SSSR count). The number of benzene rings is 1. The molecule has 1 aromatic rings. The largest absolute Gasteiger partial charge is 0.342 e. The quantitative estimate of drug-likeness (QED) is 0.896. The van der Waals surface area contributed by atoms with Gasteiger partial charge in [0.2, 0.25) is 11.8 Å². The molecule has 4 nitrogen and oxygen atoms in total. The van der Waals surface area contributed by atoms with Crippen LogP contribution in [0.25, 0.3) is 0 Å². The number of rotatable bonds is 2. The fourth-order valence-electron chi connectivity index (χ4n) is 2.32. The maximum Gasteiger partial charge on any atom is 0.250 e. The maximum atomic E-state index is 12.4. The standard InChI is InChI=1S/C13H12BrClN2O2/c14-9-5-8(15)3-4-10(9)17-6-11(18)16-12(13(17)19)7-1-2-7/h3-5,7,12H,1-2,6H2,(H,16,18). The zero-order valence-corrected chi connectivity index (χ0v) is 12.4. The number of nitrogens with zero attached hydrogens (tertiary/aromatic N) is 1. The molecule has 1 aromatic carbocycles. The van der Waals surface area contributed by atoms with Crippen LogP contribution in [-0.2, 0) is 9.59 Å². The molecule has 2 amide bonds. The summed E-state index contributed by atoms with van der Waals surface area (Å²) in [5.74, 6) is 0.147. The summed E-state index contributed by atoms with van der Waals surface area (Å²) >= 11 is 9.29. The van der Waals surface area contributed by atoms with E-state index in [-0.39, 0.29) is 24.4 Å². The average molecular weight is 344 g/mol. The van der Waals surface area contributed by atoms with Gasteiger partial charge < -0.3 is 10.2 Å². The van der Waals surface area contributed by atoms with Crippen molar-refractivity contribution in [3.05, 3.63) is 27.7 Å². The Labute approximate surface area is 124 Å². The fraction of sp³-hybridized carbons (Fsp3) is 0.385. The minimum absolute atomic E-state index is 0.0369. The molecule has 1 saturated heterocycles. The lowest BCUT2D eigenvalue weighted by Gasteiger charge is -2.33. The van der Waals surface area contributed by atoms with Gasteiger partial charge in [0.1, 0.15) is 12.6 Å². The number of anilines is 1. The number of hydrogen-bond donors (Lipinski definition) is 1. The first-order valence-corrected chi connectivity index (χ1v) is 7.29. The van der Waals surface area contributed by atoms with Crippen molar-refractivity contribution in [1.82, 2.24) is 5.32 Å². The first kappa shape index (κ1) is 12.9. The van der Waals surface area contributed by atoms with Gasteiger partial charge >= 0.3 is 0 Å². The molecule has 1 atom stereocenters. The summed E-state index contributed by atoms with van der Waals surface area (Å²) in [6, 6.07) is 4.83. The Balaban J connectivity index is 1.93. The molecule has 19 heavy (non-hydrogen) atoms. The molecule has 1 unspecified atom stereocenters. The van der Waals surface area contributed by atoms with E-state index in [1.807, 2.05) is 0 Å². The Hall–Kier alpha value is -1.07. The summed E-state index contributed by atoms with van der Waals surface area (Å²) in [6.07, 6.45) is 2.01. The summed E-state index contributed by atoms with van der Waals surface area (Å²) in [4.78, 5) is 25.7. The van der Waals surface area contributed by atoms with Gasteiger partial charge in [0.25, 0.3) is 0 Å². The Morgan fingerprint density at radius 2 is 2.05 bits per heavy atom. The zero-order valence-electron chi connectivity index (χ0n) is 10.0. The van der Waals surface area contributed by atoms with Gasteiger partial charge in [0.15, 0.2) is 0 Å². The molecule has 1 N–H and O–H groups in total. The normalized spacial score (nSPS) is 23.5. The lowest BCUT2D eigenvalue weighted by molar-refractivity contribution is -0.131. The number of nitrogens with one attached hydrogen (secondary N) is 1. The first-order chi connectivity index (χ1) is 9.06. The van der Waals surface area contributed by atoms with Crippen molar-refractivity contribution >= 4 is 45.0 Å². The van der Waals surface area contributed by atoms with E-state index in [4.69, 9.17) is 11.6 Å². The molecule has 0 radical (unpaired) electrons. The highest BCUT2D eigenvalue weighted by Gasteiger charge is 2.43. The van der Waals surface area contributed by atoms with Crippen molar-refractivity contribution in [3.63, 3.8) is 0 Å². The summed E-state index contributed by atoms with van der Waals surface area (Å²) in [5, 5.41) is 3.37. The first-order valence-electron chi connectivity index (χ1n) is 6.12. The van der Waals surface area contributed by atoms with Gasteiger partial charge in [-0.3, -0.25) is 9.59 Å². The second kappa shape index (κ2) is 4.80. The van der Waals surface area contributed by atoms with Gasteiger partial charge in [0.05, 0.1) is 5.69 Å². The zero-order chi connectivity index (χ0) is 13.6. The monoisotopic (exact) mass is 342 g/mol. The molecule has 0 spiro atoms. The molecule has 1 aliphatic heterocycles. The number of hydrogen-bond acceptors (Lipinski definition) is 2. The van der Waals surface area contributed by atoms with Gasteiger partial charge in [0, 0.05) is 9.50 Å². The smallest absolute Gasteiger partial charge is 0.250 e. The molecule has 2 aliphatic rings. The highest BCUT2D eigenvalue weighted by molar-refractivity contribution is 9.10. The van der Waals surface area contributed by atoms with Crippen LogP contribution in [0.15, 0.2) is 22.7 Å². The Morgan fingerprint density at radius 1 is 1.32 bits per heavy atom. The maximum absolute atomic E-state index is 12.4. The topological polar surface area (TPSA) is 49.4 Å². The number of amides is 2. The van der Waals surface area contributed by atoms with Crippen molar-refractivity contribution in [2.45, 2.75) is 18.9 Å². The fourth-order valence-corrected chi connectivity index (χ4v) is 3.22. The second-order valence-corrected chi connectivity index (χ2v) is 6.19. The number of carbonyl (C=O) groups is 2. The van der Waals surface area contributed by atoms with Crippen LogP contribution < -0.4 is 10.2 Å². The predicted molar refractivity (Wildman–Crippen MR) is 76.2 cm³/mol. The molecule has 100 valence electrons. The molecule has 6 heteroatoms. The number of carbonyl (C=O) groups excluding carboxylic acids is 2. The van der Waals surface area contributed by atoms with E-state index in [1.54, 1.807) is 18.2 Å². The highest BCUT2D eigenvalue weighted by atomic mass is 79.9. The molecule has 1 heterocycles. The van der Waals surface area contributed by atoms with Crippen LogP contribution in [-0.4, -0.2) is 24.4 Å². The Kier molecular flexibility index (Phi) is 3.27. The highest BCUT2D eigenvalue weighted by Crippen LogP contribution is 2.36. The van der Waals surface area contributed by atoms with Crippen LogP contribution in [0.3, 0.4) is 0 Å². The van der Waals surface area contributed by atoms with Gasteiger partial charge in [-0.1, -0.05) is 11.6 Å². The predicted octanol–water partition coefficient (Wildman–Crippen LogP) is 2.34. The third-order valence-electron chi connectivity index (χ3n) is 3.44. The third kappa shape index (κ3) is 2.49. The molecular weight excluding hydrogens is 332 g/mol. The van der Waals surface area contributed by atoms with Gasteiger partial charge in [-0.15, -0.1) is 0 Å². The summed E-state index contributed by atoms with van der Waals surface area (Å²) < 4.78 is 0.720. The van der Waals surface area contributed by atoms with Crippen LogP contribution >= 0.6 is 27.5 Å². The molecular formula is C13H12BrClN2O2. The van der Waals surface area contributed by atoms with Gasteiger partial charge in [-0.2, -0.15) is 0 Å². The van der Waals surface area contributed by atoms with Crippen LogP contribution in [0.2, 0.25) is 5.02 Å². The summed E-state index contributed by atoms with van der Waals surface area (Å²) in [5.41, 5.74) is 0.690. The average Bonchev–Trinajstić information content (AvgIpc) is 3.16. The van der Waals surface area contributed by atoms with Crippen molar-refractivity contribution in [3.8, 4) is 0 Å². The van der Waals surface area contributed by atoms with E-state index in [9.17, 15) is 9.59 Å². The van der Waals surface area contributed by atoms with Crippen molar-refractivity contribution in [2.24, 2.45) is 5.92 Å². The van der Waals surface area contributed by atoms with E-state index in [0.717, 1.165) is 17.3 Å². The van der Waals surface area contributed by atoms with Crippen LogP contribution in [0.1, 0.15) is 12.8 Å². The molecule has 1 saturated carbocycles. The van der Waals surface area contributed by atoms with Crippen LogP contribution in [0.4, 0.5) is 5.69 Å². The van der Waals surface area contributed by atoms with E-state index in [2.05, 4.69) is 21.2 Å². The second-order valence-electron chi connectivity index (χ2n) is 4.90. The van der Waals surface area contributed by atoms with Crippen LogP contribution in [0, 0.1) is 5.92 Å². The van der Waals surface area contributed by atoms with E-state index in [0.29, 0.717) is 16.6 Å². The Morgan fingerprint density at radius 3 is 2.68 bits per heavy atom. The number of halogens is 2. The summed E-state index contributed by atoms with van der Waals surface area (Å²) in [6.45, 7) is 0.0578. The number of piperazine rings is 1. The van der Waals surface area contributed by atoms with E-state index in [1.165, 1.54) is 4.90 Å². The molecule has 2 fully saturated rings. The van der Waals surface area contributed by atoms with E-state index >= 15 is 0 Å². The minimum atomic E-state index is -0.371. The van der Waals surface area contributed by atoms with Gasteiger partial charge in [-0.05, 0) is 52.9 Å². The molecule has 0 bridgehead atoms. The molecule has 1 aliphatic carbocycles. The Bertz CT molecular complexity index is 560. The van der Waals surface area contributed by atoms with Crippen molar-refractivity contribution in [2.75, 3.05) is 11.4 Å².